The van der Waals surface area contributed by atoms with Gasteiger partial charge in [0.1, 0.15) is 11.6 Å². The molecule has 0 unspecified atom stereocenters. The molecule has 0 amide bonds. The maximum atomic E-state index is 5.18. The molecule has 0 atom stereocenters. The Morgan fingerprint density at radius 2 is 1.70 bits per heavy atom. The van der Waals surface area contributed by atoms with E-state index in [-0.39, 0.29) is 0 Å². The average Bonchev–Trinajstić information content (AvgIpc) is 2.68. The average molecular weight is 357 g/mol. The van der Waals surface area contributed by atoms with Crippen LogP contribution in [0.2, 0.25) is 0 Å². The van der Waals surface area contributed by atoms with Crippen LogP contribution in [0.3, 0.4) is 0 Å². The number of para-hydroxylation sites is 1. The van der Waals surface area contributed by atoms with Crippen LogP contribution in [0.1, 0.15) is 5.69 Å². The Morgan fingerprint density at radius 3 is 2.52 bits per heavy atom. The second-order valence-corrected chi connectivity index (χ2v) is 6.08. The first-order chi connectivity index (χ1) is 13.2. The summed E-state index contributed by atoms with van der Waals surface area (Å²) in [4.78, 5) is 13.5. The summed E-state index contributed by atoms with van der Waals surface area (Å²) in [5, 5.41) is 7.66. The van der Waals surface area contributed by atoms with Crippen LogP contribution in [-0.4, -0.2) is 22.1 Å². The summed E-state index contributed by atoms with van der Waals surface area (Å²) < 4.78 is 5.18. The van der Waals surface area contributed by atoms with Gasteiger partial charge in [0.05, 0.1) is 18.3 Å². The Balaban J connectivity index is 1.61. The monoisotopic (exact) mass is 357 g/mol. The van der Waals surface area contributed by atoms with E-state index in [9.17, 15) is 0 Å². The SMILES string of the molecule is COc1ccc(Nc2nc(C)cc(Nc3cccc4cccnc34)n2)cc1. The van der Waals surface area contributed by atoms with Crippen molar-refractivity contribution in [2.24, 2.45) is 0 Å². The molecule has 2 heterocycles. The molecule has 0 aliphatic heterocycles. The van der Waals surface area contributed by atoms with Gasteiger partial charge in [-0.05, 0) is 43.3 Å². The lowest BCUT2D eigenvalue weighted by atomic mass is 10.2. The number of hydrogen-bond acceptors (Lipinski definition) is 6. The van der Waals surface area contributed by atoms with E-state index < -0.39 is 0 Å². The number of nitrogens with zero attached hydrogens (tertiary/aromatic N) is 3. The number of aryl methyl sites for hydroxylation is 1. The highest BCUT2D eigenvalue weighted by molar-refractivity contribution is 5.91. The van der Waals surface area contributed by atoms with Crippen LogP contribution >= 0.6 is 0 Å². The Labute approximate surface area is 157 Å². The topological polar surface area (TPSA) is 72.0 Å². The van der Waals surface area contributed by atoms with E-state index in [0.29, 0.717) is 11.8 Å². The van der Waals surface area contributed by atoms with Crippen LogP contribution in [0.4, 0.5) is 23.1 Å². The second-order valence-electron chi connectivity index (χ2n) is 6.08. The van der Waals surface area contributed by atoms with Crippen molar-refractivity contribution >= 4 is 34.0 Å². The van der Waals surface area contributed by atoms with Crippen LogP contribution in [-0.2, 0) is 0 Å². The van der Waals surface area contributed by atoms with Crippen LogP contribution in [0.5, 0.6) is 5.75 Å². The number of rotatable bonds is 5. The van der Waals surface area contributed by atoms with Crippen molar-refractivity contribution < 1.29 is 4.74 Å². The van der Waals surface area contributed by atoms with E-state index >= 15 is 0 Å². The van der Waals surface area contributed by atoms with E-state index in [1.807, 2.05) is 67.6 Å². The largest absolute Gasteiger partial charge is 0.497 e. The molecule has 0 saturated heterocycles. The summed E-state index contributed by atoms with van der Waals surface area (Å²) in [5.41, 5.74) is 3.55. The molecule has 0 radical (unpaired) electrons. The van der Waals surface area contributed by atoms with Gasteiger partial charge in [0.15, 0.2) is 0 Å². The third-order valence-corrected chi connectivity index (χ3v) is 4.10. The van der Waals surface area contributed by atoms with Crippen LogP contribution in [0.15, 0.2) is 66.9 Å². The van der Waals surface area contributed by atoms with Gasteiger partial charge in [-0.25, -0.2) is 4.98 Å². The summed E-state index contributed by atoms with van der Waals surface area (Å²) in [6.07, 6.45) is 1.79. The maximum absolute atomic E-state index is 5.18. The number of benzene rings is 2. The zero-order valence-electron chi connectivity index (χ0n) is 15.1. The Kier molecular flexibility index (Phi) is 4.53. The van der Waals surface area contributed by atoms with Crippen LogP contribution in [0, 0.1) is 6.92 Å². The van der Waals surface area contributed by atoms with Crippen LogP contribution < -0.4 is 15.4 Å². The molecule has 4 aromatic rings. The molecule has 2 N–H and O–H groups in total. The quantitative estimate of drug-likeness (QED) is 0.533. The number of methoxy groups -OCH3 is 1. The van der Waals surface area contributed by atoms with Crippen molar-refractivity contribution in [3.8, 4) is 5.75 Å². The fourth-order valence-electron chi connectivity index (χ4n) is 2.83. The Hall–Kier alpha value is -3.67. The molecule has 0 aliphatic rings. The predicted octanol–water partition coefficient (Wildman–Crippen LogP) is 4.83. The maximum Gasteiger partial charge on any atom is 0.229 e. The molecular weight excluding hydrogens is 338 g/mol. The van der Waals surface area contributed by atoms with Gasteiger partial charge >= 0.3 is 0 Å². The number of fused-ring (bicyclic) bond motifs is 1. The lowest BCUT2D eigenvalue weighted by Crippen LogP contribution is -2.03. The second kappa shape index (κ2) is 7.29. The summed E-state index contributed by atoms with van der Waals surface area (Å²) in [7, 11) is 1.65. The van der Waals surface area contributed by atoms with Gasteiger partial charge in [0.2, 0.25) is 5.95 Å². The smallest absolute Gasteiger partial charge is 0.229 e. The standard InChI is InChI=1S/C21H19N5O/c1-14-13-19(25-18-7-3-5-15-6-4-12-22-20(15)18)26-21(23-14)24-16-8-10-17(27-2)11-9-16/h3-13H,1-2H3,(H2,23,24,25,26). The van der Waals surface area contributed by atoms with Gasteiger partial charge in [-0.3, -0.25) is 4.98 Å². The molecule has 0 aliphatic carbocycles. The number of hydrogen-bond donors (Lipinski definition) is 2. The highest BCUT2D eigenvalue weighted by Gasteiger charge is 2.07. The predicted molar refractivity (Wildman–Crippen MR) is 108 cm³/mol. The molecule has 4 rings (SSSR count). The Bertz CT molecular complexity index is 1070. The van der Waals surface area contributed by atoms with Gasteiger partial charge in [-0.15, -0.1) is 0 Å². The van der Waals surface area contributed by atoms with Gasteiger partial charge in [-0.2, -0.15) is 4.98 Å². The van der Waals surface area contributed by atoms with Gasteiger partial charge < -0.3 is 15.4 Å². The summed E-state index contributed by atoms with van der Waals surface area (Å²) in [6, 6.07) is 19.5. The molecule has 0 bridgehead atoms. The molecular formula is C21H19N5O. The minimum Gasteiger partial charge on any atom is -0.497 e. The van der Waals surface area contributed by atoms with E-state index in [4.69, 9.17) is 4.74 Å². The van der Waals surface area contributed by atoms with Crippen molar-refractivity contribution in [3.05, 3.63) is 72.6 Å². The lowest BCUT2D eigenvalue weighted by molar-refractivity contribution is 0.415. The van der Waals surface area contributed by atoms with E-state index in [1.54, 1.807) is 13.3 Å². The molecule has 0 spiro atoms. The molecule has 134 valence electrons. The van der Waals surface area contributed by atoms with Crippen molar-refractivity contribution in [2.75, 3.05) is 17.7 Å². The Morgan fingerprint density at radius 1 is 0.889 bits per heavy atom. The fraction of sp³-hybridized carbons (Fsp3) is 0.0952. The van der Waals surface area contributed by atoms with Crippen molar-refractivity contribution in [1.29, 1.82) is 0 Å². The summed E-state index contributed by atoms with van der Waals surface area (Å²) in [5.74, 6) is 2.03. The van der Waals surface area contributed by atoms with Crippen LogP contribution in [0.25, 0.3) is 10.9 Å². The minimum absolute atomic E-state index is 0.524. The molecule has 6 nitrogen and oxygen atoms in total. The minimum atomic E-state index is 0.524. The van der Waals surface area contributed by atoms with E-state index in [2.05, 4.69) is 25.6 Å². The van der Waals surface area contributed by atoms with Crippen molar-refractivity contribution in [3.63, 3.8) is 0 Å². The highest BCUT2D eigenvalue weighted by Crippen LogP contribution is 2.25. The third-order valence-electron chi connectivity index (χ3n) is 4.10. The first-order valence-corrected chi connectivity index (χ1v) is 8.59. The lowest BCUT2D eigenvalue weighted by Gasteiger charge is -2.11. The first kappa shape index (κ1) is 16.8. The van der Waals surface area contributed by atoms with Gasteiger partial charge in [0.25, 0.3) is 0 Å². The third kappa shape index (κ3) is 3.79. The molecule has 0 saturated carbocycles. The first-order valence-electron chi connectivity index (χ1n) is 8.59. The molecule has 0 fully saturated rings. The molecule has 2 aromatic heterocycles. The van der Waals surface area contributed by atoms with E-state index in [0.717, 1.165) is 33.7 Å². The van der Waals surface area contributed by atoms with Crippen molar-refractivity contribution in [2.45, 2.75) is 6.92 Å². The molecule has 6 heteroatoms. The number of nitrogens with one attached hydrogen (secondary N) is 2. The van der Waals surface area contributed by atoms with E-state index in [1.165, 1.54) is 0 Å². The van der Waals surface area contributed by atoms with Crippen molar-refractivity contribution in [1.82, 2.24) is 15.0 Å². The van der Waals surface area contributed by atoms with Gasteiger partial charge in [-0.1, -0.05) is 18.2 Å². The zero-order valence-corrected chi connectivity index (χ0v) is 15.1. The molecule has 2 aromatic carbocycles. The number of pyridine rings is 1. The van der Waals surface area contributed by atoms with Gasteiger partial charge in [0, 0.05) is 29.0 Å². The normalized spacial score (nSPS) is 10.6. The number of anilines is 4. The highest BCUT2D eigenvalue weighted by atomic mass is 16.5. The zero-order chi connectivity index (χ0) is 18.6. The molecule has 27 heavy (non-hydrogen) atoms. The number of aromatic nitrogens is 3. The fourth-order valence-corrected chi connectivity index (χ4v) is 2.83. The summed E-state index contributed by atoms with van der Waals surface area (Å²) in [6.45, 7) is 1.94. The number of ether oxygens (including phenoxy) is 1. The summed E-state index contributed by atoms with van der Waals surface area (Å²) >= 11 is 0.